The fourth-order valence-electron chi connectivity index (χ4n) is 0.964. The number of carbonyl (C=O) groups excluding carboxylic acids is 1. The molecule has 0 radical (unpaired) electrons. The summed E-state index contributed by atoms with van der Waals surface area (Å²) in [6.07, 6.45) is 0. The van der Waals surface area contributed by atoms with Gasteiger partial charge < -0.3 is 11.1 Å². The number of nitrogens with zero attached hydrogens (tertiary/aromatic N) is 1. The molecule has 1 atom stereocenters. The quantitative estimate of drug-likeness (QED) is 0.855. The van der Waals surface area contributed by atoms with Gasteiger partial charge in [-0.05, 0) is 25.1 Å². The van der Waals surface area contributed by atoms with Gasteiger partial charge in [0.15, 0.2) is 0 Å². The van der Waals surface area contributed by atoms with E-state index in [9.17, 15) is 4.79 Å². The van der Waals surface area contributed by atoms with Gasteiger partial charge in [-0.3, -0.25) is 4.79 Å². The lowest BCUT2D eigenvalue weighted by Gasteiger charge is -2.09. The van der Waals surface area contributed by atoms with Gasteiger partial charge in [0.05, 0.1) is 17.3 Å². The van der Waals surface area contributed by atoms with Gasteiger partial charge >= 0.3 is 0 Å². The summed E-state index contributed by atoms with van der Waals surface area (Å²) in [6.45, 7) is 1.58. The average Bonchev–Trinajstić information content (AvgIpc) is 2.18. The topological polar surface area (TPSA) is 78.9 Å². The van der Waals surface area contributed by atoms with Gasteiger partial charge in [0.25, 0.3) is 0 Å². The monoisotopic (exact) mass is 267 g/mol. The number of hydrogen-bond acceptors (Lipinski definition) is 3. The summed E-state index contributed by atoms with van der Waals surface area (Å²) in [7, 11) is 0. The fourth-order valence-corrected chi connectivity index (χ4v) is 1.33. The number of halogens is 1. The number of carbonyl (C=O) groups is 1. The third kappa shape index (κ3) is 3.05. The molecule has 0 saturated heterocycles. The maximum absolute atomic E-state index is 11.3. The number of hydrogen-bond donors (Lipinski definition) is 2. The summed E-state index contributed by atoms with van der Waals surface area (Å²) >= 11 is 3.26. The molecule has 0 heterocycles. The first-order chi connectivity index (χ1) is 7.04. The highest BCUT2D eigenvalue weighted by molar-refractivity contribution is 9.10. The van der Waals surface area contributed by atoms with Crippen LogP contribution >= 0.6 is 15.9 Å². The molecule has 0 spiro atoms. The van der Waals surface area contributed by atoms with E-state index in [2.05, 4.69) is 21.2 Å². The maximum Gasteiger partial charge on any atom is 0.241 e. The Morgan fingerprint density at radius 1 is 1.67 bits per heavy atom. The van der Waals surface area contributed by atoms with E-state index in [0.717, 1.165) is 4.47 Å². The van der Waals surface area contributed by atoms with Crippen molar-refractivity contribution in [1.29, 1.82) is 5.26 Å². The SMILES string of the molecule is C[C@@H](N)C(=O)Nc1cc(Br)ccc1C#N. The number of amides is 1. The van der Waals surface area contributed by atoms with Gasteiger partial charge in [0.2, 0.25) is 5.91 Å². The highest BCUT2D eigenvalue weighted by Gasteiger charge is 2.10. The number of nitrogens with two attached hydrogens (primary N) is 1. The molecule has 3 N–H and O–H groups in total. The van der Waals surface area contributed by atoms with E-state index in [1.54, 1.807) is 25.1 Å². The molecule has 0 bridgehead atoms. The lowest BCUT2D eigenvalue weighted by molar-refractivity contribution is -0.117. The van der Waals surface area contributed by atoms with Crippen molar-refractivity contribution in [1.82, 2.24) is 0 Å². The van der Waals surface area contributed by atoms with Crippen molar-refractivity contribution in [3.63, 3.8) is 0 Å². The standard InChI is InChI=1S/C10H10BrN3O/c1-6(13)10(15)14-9-4-8(11)3-2-7(9)5-12/h2-4,6H,13H2,1H3,(H,14,15)/t6-/m1/s1. The minimum absolute atomic E-state index is 0.315. The van der Waals surface area contributed by atoms with E-state index >= 15 is 0 Å². The van der Waals surface area contributed by atoms with Crippen molar-refractivity contribution >= 4 is 27.5 Å². The smallest absolute Gasteiger partial charge is 0.241 e. The summed E-state index contributed by atoms with van der Waals surface area (Å²) < 4.78 is 0.793. The molecule has 5 heteroatoms. The first-order valence-corrected chi connectivity index (χ1v) is 5.10. The molecule has 4 nitrogen and oxygen atoms in total. The summed E-state index contributed by atoms with van der Waals surface area (Å²) in [5, 5.41) is 11.4. The Labute approximate surface area is 96.2 Å². The molecule has 1 amide bonds. The second-order valence-electron chi connectivity index (χ2n) is 3.08. The van der Waals surface area contributed by atoms with Gasteiger partial charge in [-0.25, -0.2) is 0 Å². The van der Waals surface area contributed by atoms with Crippen LogP contribution in [0.15, 0.2) is 22.7 Å². The van der Waals surface area contributed by atoms with Crippen LogP contribution in [-0.4, -0.2) is 11.9 Å². The summed E-state index contributed by atoms with van der Waals surface area (Å²) in [6, 6.07) is 6.42. The fraction of sp³-hybridized carbons (Fsp3) is 0.200. The largest absolute Gasteiger partial charge is 0.324 e. The van der Waals surface area contributed by atoms with Crippen molar-refractivity contribution in [2.24, 2.45) is 5.73 Å². The summed E-state index contributed by atoms with van der Waals surface area (Å²) in [5.74, 6) is -0.315. The van der Waals surface area contributed by atoms with Gasteiger partial charge in [-0.2, -0.15) is 5.26 Å². The number of nitrogens with one attached hydrogen (secondary N) is 1. The zero-order valence-corrected chi connectivity index (χ0v) is 9.71. The van der Waals surface area contributed by atoms with E-state index in [-0.39, 0.29) is 5.91 Å². The first kappa shape index (κ1) is 11.7. The molecule has 0 aliphatic carbocycles. The predicted octanol–water partition coefficient (Wildman–Crippen LogP) is 1.61. The van der Waals surface area contributed by atoms with Gasteiger partial charge in [-0.15, -0.1) is 0 Å². The lowest BCUT2D eigenvalue weighted by Crippen LogP contribution is -2.32. The zero-order valence-electron chi connectivity index (χ0n) is 8.12. The molecule has 0 aliphatic rings. The Bertz CT molecular complexity index is 423. The zero-order chi connectivity index (χ0) is 11.4. The maximum atomic E-state index is 11.3. The Hall–Kier alpha value is -1.38. The highest BCUT2D eigenvalue weighted by Crippen LogP contribution is 2.20. The second kappa shape index (κ2) is 4.91. The molecule has 78 valence electrons. The van der Waals surface area contributed by atoms with E-state index in [1.807, 2.05) is 6.07 Å². The highest BCUT2D eigenvalue weighted by atomic mass is 79.9. The minimum Gasteiger partial charge on any atom is -0.324 e. The van der Waals surface area contributed by atoms with Crippen LogP contribution in [0.5, 0.6) is 0 Å². The summed E-state index contributed by atoms with van der Waals surface area (Å²) in [4.78, 5) is 11.3. The number of anilines is 1. The van der Waals surface area contributed by atoms with E-state index in [1.165, 1.54) is 0 Å². The molecule has 15 heavy (non-hydrogen) atoms. The molecular weight excluding hydrogens is 258 g/mol. The Balaban J connectivity index is 2.98. The number of rotatable bonds is 2. The van der Waals surface area contributed by atoms with Crippen molar-refractivity contribution in [2.75, 3.05) is 5.32 Å². The Morgan fingerprint density at radius 3 is 2.87 bits per heavy atom. The van der Waals surface area contributed by atoms with Crippen LogP contribution in [0, 0.1) is 11.3 Å². The van der Waals surface area contributed by atoms with Crippen LogP contribution in [0.1, 0.15) is 12.5 Å². The minimum atomic E-state index is -0.601. The van der Waals surface area contributed by atoms with E-state index < -0.39 is 6.04 Å². The molecule has 0 fully saturated rings. The number of benzene rings is 1. The van der Waals surface area contributed by atoms with Crippen LogP contribution in [-0.2, 0) is 4.79 Å². The normalized spacial score (nSPS) is 11.6. The van der Waals surface area contributed by atoms with Crippen molar-refractivity contribution in [2.45, 2.75) is 13.0 Å². The second-order valence-corrected chi connectivity index (χ2v) is 4.00. The van der Waals surface area contributed by atoms with E-state index in [0.29, 0.717) is 11.3 Å². The Morgan fingerprint density at radius 2 is 2.33 bits per heavy atom. The van der Waals surface area contributed by atoms with Gasteiger partial charge in [0.1, 0.15) is 6.07 Å². The third-order valence-corrected chi connectivity index (χ3v) is 2.27. The van der Waals surface area contributed by atoms with Gasteiger partial charge in [0, 0.05) is 4.47 Å². The Kier molecular flexibility index (Phi) is 3.83. The number of nitriles is 1. The van der Waals surface area contributed by atoms with E-state index in [4.69, 9.17) is 11.0 Å². The van der Waals surface area contributed by atoms with Crippen LogP contribution in [0.3, 0.4) is 0 Å². The van der Waals surface area contributed by atoms with Crippen LogP contribution in [0.4, 0.5) is 5.69 Å². The molecule has 0 aliphatic heterocycles. The van der Waals surface area contributed by atoms with Crippen molar-refractivity contribution in [3.8, 4) is 6.07 Å². The predicted molar refractivity (Wildman–Crippen MR) is 61.1 cm³/mol. The lowest BCUT2D eigenvalue weighted by atomic mass is 10.2. The first-order valence-electron chi connectivity index (χ1n) is 4.30. The molecule has 0 unspecified atom stereocenters. The summed E-state index contributed by atoms with van der Waals surface area (Å²) in [5.41, 5.74) is 6.28. The van der Waals surface area contributed by atoms with Gasteiger partial charge in [-0.1, -0.05) is 15.9 Å². The molecule has 0 saturated carbocycles. The molecule has 1 aromatic rings. The van der Waals surface area contributed by atoms with Crippen LogP contribution in [0.25, 0.3) is 0 Å². The van der Waals surface area contributed by atoms with Crippen LogP contribution in [0.2, 0.25) is 0 Å². The van der Waals surface area contributed by atoms with Crippen LogP contribution < -0.4 is 11.1 Å². The molecule has 1 rings (SSSR count). The van der Waals surface area contributed by atoms with Crippen molar-refractivity contribution in [3.05, 3.63) is 28.2 Å². The molecular formula is C10H10BrN3O. The molecule has 0 aromatic heterocycles. The average molecular weight is 268 g/mol. The van der Waals surface area contributed by atoms with Crippen molar-refractivity contribution < 1.29 is 4.79 Å². The third-order valence-electron chi connectivity index (χ3n) is 1.77. The molecule has 1 aromatic carbocycles.